The maximum atomic E-state index is 14.4. The highest BCUT2D eigenvalue weighted by molar-refractivity contribution is 6.30. The molecule has 0 aliphatic carbocycles. The SMILES string of the molecule is CC=Cc1cnc(-c2cc(Cl)ccc2F)cc1Nc1ccncc1C(=O)NC(C)CO. The van der Waals surface area contributed by atoms with Crippen LogP contribution in [0.1, 0.15) is 29.8 Å². The minimum absolute atomic E-state index is 0.181. The van der Waals surface area contributed by atoms with E-state index in [9.17, 15) is 14.3 Å². The van der Waals surface area contributed by atoms with Gasteiger partial charge in [0.05, 0.1) is 23.6 Å². The minimum Gasteiger partial charge on any atom is -0.394 e. The van der Waals surface area contributed by atoms with Crippen molar-refractivity contribution >= 4 is 35.0 Å². The van der Waals surface area contributed by atoms with Crippen LogP contribution in [0.25, 0.3) is 17.3 Å². The molecular weight excluding hydrogens is 419 g/mol. The lowest BCUT2D eigenvalue weighted by molar-refractivity contribution is 0.0923. The summed E-state index contributed by atoms with van der Waals surface area (Å²) in [5.74, 6) is -0.816. The number of nitrogens with one attached hydrogen (secondary N) is 2. The van der Waals surface area contributed by atoms with Gasteiger partial charge >= 0.3 is 0 Å². The van der Waals surface area contributed by atoms with Crippen LogP contribution in [0.3, 0.4) is 0 Å². The molecule has 2 heterocycles. The number of carbonyl (C=O) groups is 1. The van der Waals surface area contributed by atoms with E-state index in [-0.39, 0.29) is 18.1 Å². The second-order valence-corrected chi connectivity index (χ2v) is 7.32. The van der Waals surface area contributed by atoms with E-state index in [0.29, 0.717) is 27.7 Å². The molecule has 0 spiro atoms. The fourth-order valence-electron chi connectivity index (χ4n) is 2.90. The molecule has 1 aromatic carbocycles. The fourth-order valence-corrected chi connectivity index (χ4v) is 3.08. The molecule has 3 rings (SSSR count). The molecule has 1 unspecified atom stereocenters. The summed E-state index contributed by atoms with van der Waals surface area (Å²) >= 11 is 6.04. The Hall–Kier alpha value is -3.29. The number of hydrogen-bond donors (Lipinski definition) is 3. The topological polar surface area (TPSA) is 87.1 Å². The van der Waals surface area contributed by atoms with Gasteiger partial charge in [0.15, 0.2) is 0 Å². The highest BCUT2D eigenvalue weighted by atomic mass is 35.5. The molecule has 0 fully saturated rings. The third-order valence-electron chi connectivity index (χ3n) is 4.47. The lowest BCUT2D eigenvalue weighted by Crippen LogP contribution is -2.35. The van der Waals surface area contributed by atoms with E-state index in [1.54, 1.807) is 31.5 Å². The molecule has 1 amide bonds. The predicted molar refractivity (Wildman–Crippen MR) is 121 cm³/mol. The van der Waals surface area contributed by atoms with Gasteiger partial charge in [-0.3, -0.25) is 14.8 Å². The number of carbonyl (C=O) groups excluding carboxylic acids is 1. The van der Waals surface area contributed by atoms with Gasteiger partial charge in [-0.25, -0.2) is 4.39 Å². The first-order valence-electron chi connectivity index (χ1n) is 9.63. The Morgan fingerprint density at radius 1 is 1.26 bits per heavy atom. The van der Waals surface area contributed by atoms with Crippen molar-refractivity contribution in [3.8, 4) is 11.3 Å². The van der Waals surface area contributed by atoms with Crippen molar-refractivity contribution in [2.24, 2.45) is 0 Å². The Morgan fingerprint density at radius 3 is 2.81 bits per heavy atom. The van der Waals surface area contributed by atoms with Crippen LogP contribution >= 0.6 is 11.6 Å². The van der Waals surface area contributed by atoms with Crippen molar-refractivity contribution in [1.82, 2.24) is 15.3 Å². The van der Waals surface area contributed by atoms with Crippen LogP contribution in [-0.4, -0.2) is 33.6 Å². The van der Waals surface area contributed by atoms with Crippen molar-refractivity contribution < 1.29 is 14.3 Å². The molecular formula is C23H22ClFN4O2. The van der Waals surface area contributed by atoms with E-state index in [1.807, 2.05) is 19.1 Å². The Morgan fingerprint density at radius 2 is 2.06 bits per heavy atom. The number of aliphatic hydroxyl groups is 1. The van der Waals surface area contributed by atoms with Gasteiger partial charge in [0.1, 0.15) is 5.82 Å². The average molecular weight is 441 g/mol. The Balaban J connectivity index is 2.03. The molecule has 31 heavy (non-hydrogen) atoms. The number of aromatic nitrogens is 2. The first-order valence-corrected chi connectivity index (χ1v) is 10.0. The second kappa shape index (κ2) is 10.1. The van der Waals surface area contributed by atoms with Crippen molar-refractivity contribution in [2.45, 2.75) is 19.9 Å². The summed E-state index contributed by atoms with van der Waals surface area (Å²) in [6.45, 7) is 3.38. The Kier molecular flexibility index (Phi) is 7.33. The van der Waals surface area contributed by atoms with Gasteiger partial charge in [0, 0.05) is 46.5 Å². The second-order valence-electron chi connectivity index (χ2n) is 6.88. The third kappa shape index (κ3) is 5.45. The van der Waals surface area contributed by atoms with E-state index in [2.05, 4.69) is 20.6 Å². The van der Waals surface area contributed by atoms with Gasteiger partial charge in [-0.15, -0.1) is 0 Å². The zero-order chi connectivity index (χ0) is 22.4. The van der Waals surface area contributed by atoms with Crippen LogP contribution < -0.4 is 10.6 Å². The minimum atomic E-state index is -0.441. The monoisotopic (exact) mass is 440 g/mol. The molecule has 1 atom stereocenters. The van der Waals surface area contributed by atoms with E-state index >= 15 is 0 Å². The summed E-state index contributed by atoms with van der Waals surface area (Å²) < 4.78 is 14.4. The van der Waals surface area contributed by atoms with Crippen molar-refractivity contribution in [3.63, 3.8) is 0 Å². The summed E-state index contributed by atoms with van der Waals surface area (Å²) in [6.07, 6.45) is 8.32. The molecule has 0 saturated carbocycles. The molecule has 3 N–H and O–H groups in total. The van der Waals surface area contributed by atoms with E-state index < -0.39 is 11.9 Å². The lowest BCUT2D eigenvalue weighted by Gasteiger charge is -2.16. The number of hydrogen-bond acceptors (Lipinski definition) is 5. The summed E-state index contributed by atoms with van der Waals surface area (Å²) in [7, 11) is 0. The summed E-state index contributed by atoms with van der Waals surface area (Å²) in [5.41, 5.74) is 2.85. The number of aliphatic hydroxyl groups excluding tert-OH is 1. The number of anilines is 2. The predicted octanol–water partition coefficient (Wildman–Crippen LogP) is 4.82. The zero-order valence-corrected chi connectivity index (χ0v) is 17.8. The van der Waals surface area contributed by atoms with Gasteiger partial charge in [0.25, 0.3) is 5.91 Å². The Labute approximate surface area is 184 Å². The van der Waals surface area contributed by atoms with Gasteiger partial charge in [-0.2, -0.15) is 0 Å². The molecule has 0 aliphatic heterocycles. The largest absolute Gasteiger partial charge is 0.394 e. The number of amides is 1. The van der Waals surface area contributed by atoms with Crippen molar-refractivity contribution in [1.29, 1.82) is 0 Å². The van der Waals surface area contributed by atoms with Crippen molar-refractivity contribution in [3.05, 3.63) is 77.0 Å². The summed E-state index contributed by atoms with van der Waals surface area (Å²) in [4.78, 5) is 21.0. The van der Waals surface area contributed by atoms with E-state index in [0.717, 1.165) is 5.56 Å². The normalized spacial score (nSPS) is 12.0. The van der Waals surface area contributed by atoms with Crippen LogP contribution in [0.2, 0.25) is 5.02 Å². The fraction of sp³-hybridized carbons (Fsp3) is 0.174. The number of halogens is 2. The van der Waals surface area contributed by atoms with Crippen LogP contribution in [-0.2, 0) is 0 Å². The third-order valence-corrected chi connectivity index (χ3v) is 4.71. The number of benzene rings is 1. The van der Waals surface area contributed by atoms with Crippen LogP contribution in [0.15, 0.2) is 55.0 Å². The van der Waals surface area contributed by atoms with Crippen LogP contribution in [0, 0.1) is 5.82 Å². The maximum absolute atomic E-state index is 14.4. The summed E-state index contributed by atoms with van der Waals surface area (Å²) in [5, 5.41) is 15.5. The van der Waals surface area contributed by atoms with Gasteiger partial charge in [0.2, 0.25) is 0 Å². The van der Waals surface area contributed by atoms with Gasteiger partial charge in [-0.1, -0.05) is 23.8 Å². The maximum Gasteiger partial charge on any atom is 0.255 e. The number of nitrogens with zero attached hydrogens (tertiary/aromatic N) is 2. The lowest BCUT2D eigenvalue weighted by atomic mass is 10.1. The standard InChI is InChI=1S/C23H22ClFN4O2/c1-3-4-15-11-27-22(17-9-16(24)5-6-19(17)25)10-21(15)29-20-7-8-26-12-18(20)23(31)28-14(2)13-30/h3-12,14,30H,13H2,1-2H3,(H,28,31)(H,26,27,29). The van der Waals surface area contributed by atoms with Gasteiger partial charge in [-0.05, 0) is 44.2 Å². The van der Waals surface area contributed by atoms with E-state index in [4.69, 9.17) is 11.6 Å². The quantitative estimate of drug-likeness (QED) is 0.490. The Bertz CT molecular complexity index is 1120. The molecule has 160 valence electrons. The first-order chi connectivity index (χ1) is 14.9. The highest BCUT2D eigenvalue weighted by Crippen LogP contribution is 2.30. The molecule has 2 aromatic heterocycles. The molecule has 6 nitrogen and oxygen atoms in total. The highest BCUT2D eigenvalue weighted by Gasteiger charge is 2.16. The molecule has 0 saturated heterocycles. The smallest absolute Gasteiger partial charge is 0.255 e. The van der Waals surface area contributed by atoms with Crippen LogP contribution in [0.5, 0.6) is 0 Å². The van der Waals surface area contributed by atoms with Crippen LogP contribution in [0.4, 0.5) is 15.8 Å². The summed E-state index contributed by atoms with van der Waals surface area (Å²) in [6, 6.07) is 7.24. The zero-order valence-electron chi connectivity index (χ0n) is 17.1. The molecule has 3 aromatic rings. The number of rotatable bonds is 7. The first kappa shape index (κ1) is 22.4. The molecule has 8 heteroatoms. The van der Waals surface area contributed by atoms with Crippen molar-refractivity contribution in [2.75, 3.05) is 11.9 Å². The molecule has 0 aliphatic rings. The molecule has 0 bridgehead atoms. The van der Waals surface area contributed by atoms with E-state index in [1.165, 1.54) is 24.4 Å². The number of allylic oxidation sites excluding steroid dienone is 1. The average Bonchev–Trinajstić information content (AvgIpc) is 2.77. The number of pyridine rings is 2. The molecule has 0 radical (unpaired) electrons. The van der Waals surface area contributed by atoms with Gasteiger partial charge < -0.3 is 15.7 Å².